The predicted molar refractivity (Wildman–Crippen MR) is 260 cm³/mol. The molecule has 0 saturated heterocycles. The molecule has 0 aliphatic heterocycles. The van der Waals surface area contributed by atoms with Gasteiger partial charge in [-0.25, -0.2) is 9.97 Å². The first-order valence-electron chi connectivity index (χ1n) is 21.5. The molecule has 0 unspecified atom stereocenters. The molecule has 0 spiro atoms. The fourth-order valence-electron chi connectivity index (χ4n) is 7.24. The van der Waals surface area contributed by atoms with E-state index in [0.29, 0.717) is 22.7 Å². The molecule has 0 radical (unpaired) electrons. The normalized spacial score (nSPS) is 12.1. The maximum Gasteiger partial charge on any atom is 0.0900 e. The van der Waals surface area contributed by atoms with Crippen LogP contribution in [0.15, 0.2) is 190 Å². The highest BCUT2D eigenvalue weighted by molar-refractivity contribution is 5.80. The highest BCUT2D eigenvalue weighted by atomic mass is 16.3. The summed E-state index contributed by atoms with van der Waals surface area (Å²) in [4.78, 5) is 10.6. The van der Waals surface area contributed by atoms with E-state index in [2.05, 4.69) is 135 Å². The Bertz CT molecular complexity index is 2700. The molecule has 0 saturated carbocycles. The van der Waals surface area contributed by atoms with Crippen LogP contribution < -0.4 is 0 Å². The zero-order valence-electron chi connectivity index (χ0n) is 37.2. The van der Waals surface area contributed by atoms with E-state index in [1.54, 1.807) is 0 Å². The second-order valence-corrected chi connectivity index (χ2v) is 18.1. The van der Waals surface area contributed by atoms with Crippen LogP contribution in [0.3, 0.4) is 0 Å². The summed E-state index contributed by atoms with van der Waals surface area (Å²) >= 11 is 0. The van der Waals surface area contributed by atoms with E-state index in [-0.39, 0.29) is 24.0 Å². The molecule has 2 heterocycles. The summed E-state index contributed by atoms with van der Waals surface area (Å²) < 4.78 is 0. The summed E-state index contributed by atoms with van der Waals surface area (Å²) in [7, 11) is 0. The maximum atomic E-state index is 9.40. The summed E-state index contributed by atoms with van der Waals surface area (Å²) in [5.41, 5.74) is 16.3. The molecule has 0 aliphatic carbocycles. The van der Waals surface area contributed by atoms with Gasteiger partial charge in [0, 0.05) is 11.1 Å². The quantitative estimate of drug-likeness (QED) is 0.126. The molecule has 0 amide bonds. The largest absolute Gasteiger partial charge is 0.392 e. The number of nitrogens with zero attached hydrogens (tertiary/aromatic N) is 6. The summed E-state index contributed by atoms with van der Waals surface area (Å²) in [6, 6.07) is 56.7. The Morgan fingerprint density at radius 3 is 0.875 bits per heavy atom. The van der Waals surface area contributed by atoms with Gasteiger partial charge in [0.25, 0.3) is 0 Å². The van der Waals surface area contributed by atoms with Crippen molar-refractivity contribution in [2.45, 2.75) is 65.6 Å². The van der Waals surface area contributed by atoms with Crippen molar-refractivity contribution >= 4 is 22.7 Å². The van der Waals surface area contributed by atoms with E-state index in [4.69, 9.17) is 9.97 Å². The monoisotopic (exact) mass is 840 g/mol. The third-order valence-electron chi connectivity index (χ3n) is 11.2. The minimum absolute atomic E-state index is 0.0149. The van der Waals surface area contributed by atoms with E-state index in [1.807, 2.05) is 97.1 Å². The SMILES string of the molecule is CC(C)(C)c1ccc(-c2cc(-c3ccc(N=Nc4ccc(CO)cc4)cc3)nc(-c3cc(-c4ccc(C(C)(C)C)cc4)cc(-c4ccc(N=Nc5ccc(CO)cc5)cc4)n3)c2)cc1. The lowest BCUT2D eigenvalue weighted by Crippen LogP contribution is -2.10. The van der Waals surface area contributed by atoms with Gasteiger partial charge in [0.2, 0.25) is 0 Å². The van der Waals surface area contributed by atoms with E-state index in [9.17, 15) is 10.2 Å². The number of aliphatic hydroxyl groups excluding tert-OH is 2. The van der Waals surface area contributed by atoms with Crippen molar-refractivity contribution in [3.63, 3.8) is 0 Å². The van der Waals surface area contributed by atoms with Gasteiger partial charge < -0.3 is 10.2 Å². The van der Waals surface area contributed by atoms with E-state index >= 15 is 0 Å². The van der Waals surface area contributed by atoms with Crippen LogP contribution in [0.5, 0.6) is 0 Å². The molecule has 0 fully saturated rings. The molecule has 64 heavy (non-hydrogen) atoms. The van der Waals surface area contributed by atoms with Crippen molar-refractivity contribution < 1.29 is 10.2 Å². The molecule has 0 aliphatic rings. The molecule has 8 rings (SSSR count). The molecule has 0 bridgehead atoms. The van der Waals surface area contributed by atoms with Gasteiger partial charge in [0.1, 0.15) is 0 Å². The van der Waals surface area contributed by atoms with Crippen LogP contribution in [0.4, 0.5) is 22.7 Å². The third-order valence-corrected chi connectivity index (χ3v) is 11.2. The summed E-state index contributed by atoms with van der Waals surface area (Å²) in [5, 5.41) is 36.5. The van der Waals surface area contributed by atoms with Gasteiger partial charge in [-0.05, 0) is 128 Å². The zero-order valence-corrected chi connectivity index (χ0v) is 37.2. The number of aromatic nitrogens is 2. The van der Waals surface area contributed by atoms with E-state index in [0.717, 1.165) is 67.3 Å². The van der Waals surface area contributed by atoms with Gasteiger partial charge in [-0.3, -0.25) is 0 Å². The standard InChI is InChI=1S/C56H52N6O2/c1-55(2,3)45-19-11-39(12-20-45)43-31-51(41-15-27-49(28-16-41)61-59-47-23-7-37(35-63)8-24-47)57-53(33-43)54-34-44(40-13-21-46(22-14-40)56(4,5)6)32-52(58-54)42-17-29-50(30-18-42)62-60-48-25-9-38(36-64)10-26-48/h7-34,63-64H,35-36H2,1-6H3. The summed E-state index contributed by atoms with van der Waals surface area (Å²) in [5.74, 6) is 0. The average molecular weight is 841 g/mol. The Morgan fingerprint density at radius 1 is 0.328 bits per heavy atom. The molecule has 8 aromatic rings. The molecular formula is C56H52N6O2. The second-order valence-electron chi connectivity index (χ2n) is 18.1. The van der Waals surface area contributed by atoms with Crippen LogP contribution in [0.1, 0.15) is 63.8 Å². The van der Waals surface area contributed by atoms with E-state index < -0.39 is 0 Å². The lowest BCUT2D eigenvalue weighted by molar-refractivity contribution is 0.281. The number of hydrogen-bond acceptors (Lipinski definition) is 8. The average Bonchev–Trinajstić information content (AvgIpc) is 3.32. The maximum absolute atomic E-state index is 9.40. The predicted octanol–water partition coefficient (Wildman–Crippen LogP) is 15.2. The van der Waals surface area contributed by atoms with Crippen molar-refractivity contribution in [3.05, 3.63) is 192 Å². The van der Waals surface area contributed by atoms with Crippen LogP contribution in [-0.2, 0) is 24.0 Å². The fraction of sp³-hybridized carbons (Fsp3) is 0.179. The van der Waals surface area contributed by atoms with Crippen molar-refractivity contribution in [1.29, 1.82) is 0 Å². The van der Waals surface area contributed by atoms with Gasteiger partial charge in [-0.1, -0.05) is 139 Å². The summed E-state index contributed by atoms with van der Waals surface area (Å²) in [6.45, 7) is 13.3. The lowest BCUT2D eigenvalue weighted by atomic mass is 9.86. The highest BCUT2D eigenvalue weighted by Gasteiger charge is 2.18. The topological polar surface area (TPSA) is 116 Å². The first-order valence-corrected chi connectivity index (χ1v) is 21.5. The number of rotatable bonds is 11. The first-order chi connectivity index (χ1) is 30.8. The smallest absolute Gasteiger partial charge is 0.0900 e. The lowest BCUT2D eigenvalue weighted by Gasteiger charge is -2.19. The van der Waals surface area contributed by atoms with Crippen LogP contribution in [0.2, 0.25) is 0 Å². The molecule has 2 aromatic heterocycles. The van der Waals surface area contributed by atoms with Crippen molar-refractivity contribution in [3.8, 4) is 56.2 Å². The Hall–Kier alpha value is -7.26. The van der Waals surface area contributed by atoms with Crippen molar-refractivity contribution in [2.24, 2.45) is 20.5 Å². The van der Waals surface area contributed by atoms with Crippen LogP contribution in [-0.4, -0.2) is 20.2 Å². The minimum Gasteiger partial charge on any atom is -0.392 e. The van der Waals surface area contributed by atoms with Crippen LogP contribution in [0, 0.1) is 0 Å². The molecule has 8 heteroatoms. The molecule has 318 valence electrons. The van der Waals surface area contributed by atoms with Gasteiger partial charge >= 0.3 is 0 Å². The summed E-state index contributed by atoms with van der Waals surface area (Å²) in [6.07, 6.45) is 0. The van der Waals surface area contributed by atoms with Gasteiger partial charge in [-0.2, -0.15) is 20.5 Å². The zero-order chi connectivity index (χ0) is 44.8. The highest BCUT2D eigenvalue weighted by Crippen LogP contribution is 2.36. The Balaban J connectivity index is 1.21. The van der Waals surface area contributed by atoms with E-state index in [1.165, 1.54) is 11.1 Å². The first kappa shape index (κ1) is 43.4. The van der Waals surface area contributed by atoms with Crippen LogP contribution >= 0.6 is 0 Å². The fourth-order valence-corrected chi connectivity index (χ4v) is 7.24. The van der Waals surface area contributed by atoms with Gasteiger partial charge in [0.15, 0.2) is 0 Å². The minimum atomic E-state index is -0.0149. The molecular weight excluding hydrogens is 789 g/mol. The van der Waals surface area contributed by atoms with Gasteiger partial charge in [-0.15, -0.1) is 0 Å². The number of pyridine rings is 2. The third kappa shape index (κ3) is 10.5. The Kier molecular flexibility index (Phi) is 12.6. The molecule has 8 nitrogen and oxygen atoms in total. The molecule has 2 N–H and O–H groups in total. The second kappa shape index (κ2) is 18.6. The molecule has 6 aromatic carbocycles. The number of azo groups is 2. The van der Waals surface area contributed by atoms with Crippen molar-refractivity contribution in [1.82, 2.24) is 9.97 Å². The molecule has 0 atom stereocenters. The van der Waals surface area contributed by atoms with Crippen LogP contribution in [0.25, 0.3) is 56.2 Å². The Morgan fingerprint density at radius 2 is 0.594 bits per heavy atom. The number of hydrogen-bond donors (Lipinski definition) is 2. The van der Waals surface area contributed by atoms with Crippen molar-refractivity contribution in [2.75, 3.05) is 0 Å². The number of benzene rings is 6. The Labute approximate surface area is 375 Å². The number of aliphatic hydroxyl groups is 2. The van der Waals surface area contributed by atoms with Gasteiger partial charge in [0.05, 0.1) is 58.7 Å².